The number of benzene rings is 1. The SMILES string of the molecule is CCCCCCCCCc1nc2ccc(C#N)cc2[nH]1. The minimum Gasteiger partial charge on any atom is -0.342 e. The molecule has 1 aromatic carbocycles. The topological polar surface area (TPSA) is 52.5 Å². The highest BCUT2D eigenvalue weighted by molar-refractivity contribution is 5.76. The lowest BCUT2D eigenvalue weighted by Crippen LogP contribution is -1.88. The number of aromatic amines is 1. The molecule has 0 spiro atoms. The van der Waals surface area contributed by atoms with E-state index < -0.39 is 0 Å². The van der Waals surface area contributed by atoms with Gasteiger partial charge in [0.1, 0.15) is 5.82 Å². The Bertz CT molecular complexity index is 577. The summed E-state index contributed by atoms with van der Waals surface area (Å²) in [5.41, 5.74) is 2.62. The van der Waals surface area contributed by atoms with Gasteiger partial charge in [-0.3, -0.25) is 0 Å². The lowest BCUT2D eigenvalue weighted by Gasteiger charge is -1.99. The van der Waals surface area contributed by atoms with Gasteiger partial charge in [-0.15, -0.1) is 0 Å². The molecule has 0 fully saturated rings. The van der Waals surface area contributed by atoms with Crippen molar-refractivity contribution in [1.82, 2.24) is 9.97 Å². The predicted molar refractivity (Wildman–Crippen MR) is 82.5 cm³/mol. The lowest BCUT2D eigenvalue weighted by atomic mass is 10.1. The minimum atomic E-state index is 0.684. The first-order valence-corrected chi connectivity index (χ1v) is 7.72. The number of hydrogen-bond donors (Lipinski definition) is 1. The number of nitrogens with zero attached hydrogens (tertiary/aromatic N) is 2. The number of nitrogens with one attached hydrogen (secondary N) is 1. The standard InChI is InChI=1S/C17H23N3/c1-2-3-4-5-6-7-8-9-17-19-15-11-10-14(13-18)12-16(15)20-17/h10-12H,2-9H2,1H3,(H,19,20). The van der Waals surface area contributed by atoms with Gasteiger partial charge in [-0.2, -0.15) is 5.26 Å². The van der Waals surface area contributed by atoms with E-state index in [1.54, 1.807) is 0 Å². The van der Waals surface area contributed by atoms with Gasteiger partial charge in [0.05, 0.1) is 22.7 Å². The molecule has 1 N–H and O–H groups in total. The van der Waals surface area contributed by atoms with E-state index in [0.717, 1.165) is 23.3 Å². The summed E-state index contributed by atoms with van der Waals surface area (Å²) < 4.78 is 0. The van der Waals surface area contributed by atoms with Gasteiger partial charge in [0.15, 0.2) is 0 Å². The Morgan fingerprint density at radius 3 is 2.60 bits per heavy atom. The number of rotatable bonds is 8. The van der Waals surface area contributed by atoms with Crippen LogP contribution in [0.4, 0.5) is 0 Å². The fourth-order valence-corrected chi connectivity index (χ4v) is 2.50. The normalized spacial score (nSPS) is 10.8. The number of nitriles is 1. The molecule has 2 aromatic rings. The fraction of sp³-hybridized carbons (Fsp3) is 0.529. The van der Waals surface area contributed by atoms with Crippen LogP contribution in [0.3, 0.4) is 0 Å². The Kier molecular flexibility index (Phi) is 5.61. The zero-order chi connectivity index (χ0) is 14.2. The fourth-order valence-electron chi connectivity index (χ4n) is 2.50. The number of aromatic nitrogens is 2. The summed E-state index contributed by atoms with van der Waals surface area (Å²) in [5, 5.41) is 8.88. The van der Waals surface area contributed by atoms with Crippen molar-refractivity contribution in [2.45, 2.75) is 58.3 Å². The molecule has 0 unspecified atom stereocenters. The van der Waals surface area contributed by atoms with E-state index in [-0.39, 0.29) is 0 Å². The van der Waals surface area contributed by atoms with E-state index in [1.165, 1.54) is 44.9 Å². The quantitative estimate of drug-likeness (QED) is 0.704. The Labute approximate surface area is 121 Å². The molecular formula is C17H23N3. The molecule has 0 atom stereocenters. The van der Waals surface area contributed by atoms with Crippen LogP contribution in [0.25, 0.3) is 11.0 Å². The van der Waals surface area contributed by atoms with Gasteiger partial charge >= 0.3 is 0 Å². The highest BCUT2D eigenvalue weighted by atomic mass is 14.9. The smallest absolute Gasteiger partial charge is 0.107 e. The first kappa shape index (κ1) is 14.6. The maximum Gasteiger partial charge on any atom is 0.107 e. The summed E-state index contributed by atoms with van der Waals surface area (Å²) in [4.78, 5) is 7.89. The van der Waals surface area contributed by atoms with E-state index in [9.17, 15) is 0 Å². The van der Waals surface area contributed by atoms with Crippen LogP contribution in [-0.4, -0.2) is 9.97 Å². The van der Waals surface area contributed by atoms with Crippen molar-refractivity contribution in [3.63, 3.8) is 0 Å². The monoisotopic (exact) mass is 269 g/mol. The lowest BCUT2D eigenvalue weighted by molar-refractivity contribution is 0.585. The Balaban J connectivity index is 1.77. The Hall–Kier alpha value is -1.82. The third-order valence-electron chi connectivity index (χ3n) is 3.68. The van der Waals surface area contributed by atoms with Crippen molar-refractivity contribution < 1.29 is 0 Å². The van der Waals surface area contributed by atoms with Gasteiger partial charge in [-0.1, -0.05) is 45.4 Å². The molecule has 2 rings (SSSR count). The van der Waals surface area contributed by atoms with E-state index in [4.69, 9.17) is 5.26 Å². The summed E-state index contributed by atoms with van der Waals surface area (Å²) in [6.07, 6.45) is 10.2. The van der Waals surface area contributed by atoms with Crippen LogP contribution in [0.5, 0.6) is 0 Å². The van der Waals surface area contributed by atoms with Crippen LogP contribution >= 0.6 is 0 Å². The maximum absolute atomic E-state index is 8.88. The molecule has 0 saturated heterocycles. The number of H-pyrrole nitrogens is 1. The minimum absolute atomic E-state index is 0.684. The second-order valence-corrected chi connectivity index (χ2v) is 5.40. The number of hydrogen-bond acceptors (Lipinski definition) is 2. The predicted octanol–water partition coefficient (Wildman–Crippen LogP) is 4.73. The second kappa shape index (κ2) is 7.69. The summed E-state index contributed by atoms with van der Waals surface area (Å²) >= 11 is 0. The molecule has 0 saturated carbocycles. The first-order chi connectivity index (χ1) is 9.83. The third kappa shape index (κ3) is 4.09. The molecule has 0 aliphatic heterocycles. The highest BCUT2D eigenvalue weighted by Crippen LogP contribution is 2.15. The van der Waals surface area contributed by atoms with Crippen molar-refractivity contribution in [3.05, 3.63) is 29.6 Å². The summed E-state index contributed by atoms with van der Waals surface area (Å²) in [6.45, 7) is 2.25. The van der Waals surface area contributed by atoms with Crippen LogP contribution in [0, 0.1) is 11.3 Å². The molecule has 3 nitrogen and oxygen atoms in total. The Morgan fingerprint density at radius 2 is 1.85 bits per heavy atom. The van der Waals surface area contributed by atoms with Gasteiger partial charge in [0.2, 0.25) is 0 Å². The van der Waals surface area contributed by atoms with Crippen LogP contribution in [0.15, 0.2) is 18.2 Å². The molecular weight excluding hydrogens is 246 g/mol. The van der Waals surface area contributed by atoms with Crippen molar-refractivity contribution in [2.75, 3.05) is 0 Å². The zero-order valence-electron chi connectivity index (χ0n) is 12.3. The van der Waals surface area contributed by atoms with Gasteiger partial charge in [-0.25, -0.2) is 4.98 Å². The third-order valence-corrected chi connectivity index (χ3v) is 3.68. The number of imidazole rings is 1. The molecule has 1 aromatic heterocycles. The Morgan fingerprint density at radius 1 is 1.10 bits per heavy atom. The van der Waals surface area contributed by atoms with Crippen molar-refractivity contribution in [2.24, 2.45) is 0 Å². The van der Waals surface area contributed by atoms with Crippen molar-refractivity contribution >= 4 is 11.0 Å². The van der Waals surface area contributed by atoms with E-state index in [0.29, 0.717) is 5.56 Å². The summed E-state index contributed by atoms with van der Waals surface area (Å²) in [6, 6.07) is 7.76. The van der Waals surface area contributed by atoms with Crippen LogP contribution in [0.2, 0.25) is 0 Å². The van der Waals surface area contributed by atoms with E-state index in [2.05, 4.69) is 23.0 Å². The van der Waals surface area contributed by atoms with Gasteiger partial charge in [0, 0.05) is 6.42 Å². The van der Waals surface area contributed by atoms with Crippen LogP contribution in [-0.2, 0) is 6.42 Å². The molecule has 0 bridgehead atoms. The average molecular weight is 269 g/mol. The van der Waals surface area contributed by atoms with Crippen LogP contribution < -0.4 is 0 Å². The molecule has 1 heterocycles. The van der Waals surface area contributed by atoms with Gasteiger partial charge in [-0.05, 0) is 24.6 Å². The zero-order valence-corrected chi connectivity index (χ0v) is 12.3. The molecule has 0 radical (unpaired) electrons. The highest BCUT2D eigenvalue weighted by Gasteiger charge is 2.03. The van der Waals surface area contributed by atoms with Gasteiger partial charge < -0.3 is 4.98 Å². The molecule has 0 aliphatic carbocycles. The largest absolute Gasteiger partial charge is 0.342 e. The maximum atomic E-state index is 8.88. The van der Waals surface area contributed by atoms with E-state index >= 15 is 0 Å². The number of unbranched alkanes of at least 4 members (excludes halogenated alkanes) is 6. The second-order valence-electron chi connectivity index (χ2n) is 5.40. The number of fused-ring (bicyclic) bond motifs is 1. The van der Waals surface area contributed by atoms with E-state index in [1.807, 2.05) is 18.2 Å². The average Bonchev–Trinajstić information content (AvgIpc) is 2.87. The van der Waals surface area contributed by atoms with Crippen molar-refractivity contribution in [3.8, 4) is 6.07 Å². The van der Waals surface area contributed by atoms with Crippen molar-refractivity contribution in [1.29, 1.82) is 5.26 Å². The number of aryl methyl sites for hydroxylation is 1. The molecule has 0 amide bonds. The molecule has 20 heavy (non-hydrogen) atoms. The molecule has 3 heteroatoms. The summed E-state index contributed by atoms with van der Waals surface area (Å²) in [7, 11) is 0. The van der Waals surface area contributed by atoms with Gasteiger partial charge in [0.25, 0.3) is 0 Å². The van der Waals surface area contributed by atoms with Crippen LogP contribution in [0.1, 0.15) is 63.3 Å². The molecule has 0 aliphatic rings. The first-order valence-electron chi connectivity index (χ1n) is 7.72. The summed E-state index contributed by atoms with van der Waals surface area (Å²) in [5.74, 6) is 1.05. The molecule has 106 valence electrons.